The van der Waals surface area contributed by atoms with Crippen LogP contribution in [0.3, 0.4) is 0 Å². The lowest BCUT2D eigenvalue weighted by Gasteiger charge is -2.34. The highest BCUT2D eigenvalue weighted by Crippen LogP contribution is 2.52. The van der Waals surface area contributed by atoms with Gasteiger partial charge < -0.3 is 0 Å². The molecule has 0 bridgehead atoms. The van der Waals surface area contributed by atoms with Crippen LogP contribution in [0.1, 0.15) is 37.5 Å². The molecule has 3 nitrogen and oxygen atoms in total. The van der Waals surface area contributed by atoms with Gasteiger partial charge >= 0.3 is 0 Å². The highest BCUT2D eigenvalue weighted by molar-refractivity contribution is 6.14. The Morgan fingerprint density at radius 3 is 2.15 bits per heavy atom. The molecule has 3 heteroatoms. The molecule has 2 unspecified atom stereocenters. The minimum Gasteiger partial charge on any atom is -0.278 e. The van der Waals surface area contributed by atoms with E-state index in [9.17, 15) is 0 Å². The Morgan fingerprint density at radius 2 is 1.27 bits per heavy atom. The number of allylic oxidation sites excluding steroid dienone is 8. The third kappa shape index (κ3) is 5.07. The van der Waals surface area contributed by atoms with Crippen LogP contribution in [0.2, 0.25) is 0 Å². The molecule has 0 saturated carbocycles. The minimum atomic E-state index is -0.139. The molecule has 0 aliphatic heterocycles. The summed E-state index contributed by atoms with van der Waals surface area (Å²) in [6.45, 7) is 7.00. The maximum Gasteiger partial charge on any atom is 0.235 e. The smallest absolute Gasteiger partial charge is 0.235 e. The van der Waals surface area contributed by atoms with Gasteiger partial charge in [0.25, 0.3) is 0 Å². The quantitative estimate of drug-likeness (QED) is 0.179. The van der Waals surface area contributed by atoms with E-state index in [1.807, 2.05) is 0 Å². The molecule has 0 spiro atoms. The summed E-state index contributed by atoms with van der Waals surface area (Å²) in [6.07, 6.45) is 16.1. The maximum absolute atomic E-state index is 5.71. The summed E-state index contributed by atoms with van der Waals surface area (Å²) < 4.78 is 2.30. The second-order valence-electron chi connectivity index (χ2n) is 17.2. The van der Waals surface area contributed by atoms with E-state index in [4.69, 9.17) is 9.97 Å². The van der Waals surface area contributed by atoms with Crippen molar-refractivity contribution < 1.29 is 0 Å². The van der Waals surface area contributed by atoms with E-state index in [0.717, 1.165) is 38.8 Å². The van der Waals surface area contributed by atoms with Crippen LogP contribution in [0.25, 0.3) is 88.5 Å². The summed E-state index contributed by atoms with van der Waals surface area (Å²) >= 11 is 0. The van der Waals surface area contributed by atoms with Crippen molar-refractivity contribution in [3.8, 4) is 39.5 Å². The lowest BCUT2D eigenvalue weighted by Crippen LogP contribution is -2.23. The Balaban J connectivity index is 1.14. The van der Waals surface area contributed by atoms with Gasteiger partial charge in [-0.15, -0.1) is 0 Å². The molecule has 2 atom stereocenters. The van der Waals surface area contributed by atoms with Gasteiger partial charge in [-0.05, 0) is 91.7 Å². The molecule has 59 heavy (non-hydrogen) atoms. The van der Waals surface area contributed by atoms with Gasteiger partial charge in [-0.1, -0.05) is 172 Å². The van der Waals surface area contributed by atoms with Crippen molar-refractivity contribution in [2.24, 2.45) is 11.3 Å². The predicted molar refractivity (Wildman–Crippen MR) is 247 cm³/mol. The fraction of sp³-hybridized carbons (Fsp3) is 0.107. The SMILES string of the molecule is CC1(C)c2ccccc2-c2c(-c3nc(-n4c5ccc(C6=CC7C=CC=CC7(C)C=C6)cc5c5cc6ccccc6cc54)nc4ccc(-c5ccccc5)cc34)cccc21. The summed E-state index contributed by atoms with van der Waals surface area (Å²) in [5.74, 6) is 0.982. The summed E-state index contributed by atoms with van der Waals surface area (Å²) in [5, 5.41) is 5.81. The van der Waals surface area contributed by atoms with Gasteiger partial charge in [0.15, 0.2) is 0 Å². The van der Waals surface area contributed by atoms with Gasteiger partial charge in [-0.2, -0.15) is 0 Å². The fourth-order valence-electron chi connectivity index (χ4n) is 10.2. The van der Waals surface area contributed by atoms with E-state index in [1.54, 1.807) is 0 Å². The molecule has 2 heterocycles. The Hall–Kier alpha value is -7.10. The van der Waals surface area contributed by atoms with Crippen LogP contribution in [0.15, 0.2) is 188 Å². The lowest BCUT2D eigenvalue weighted by molar-refractivity contribution is 0.454. The molecular formula is C56H41N3. The van der Waals surface area contributed by atoms with Crippen LogP contribution in [-0.2, 0) is 5.41 Å². The summed E-state index contributed by atoms with van der Waals surface area (Å²) in [6, 6.07) is 53.2. The van der Waals surface area contributed by atoms with Crippen LogP contribution >= 0.6 is 0 Å². The van der Waals surface area contributed by atoms with Crippen molar-refractivity contribution >= 4 is 49.1 Å². The second kappa shape index (κ2) is 12.4. The molecule has 0 amide bonds. The first-order valence-corrected chi connectivity index (χ1v) is 20.7. The van der Waals surface area contributed by atoms with Gasteiger partial charge in [0, 0.05) is 38.5 Å². The highest BCUT2D eigenvalue weighted by atomic mass is 15.2. The van der Waals surface area contributed by atoms with E-state index in [-0.39, 0.29) is 10.8 Å². The zero-order chi connectivity index (χ0) is 39.5. The van der Waals surface area contributed by atoms with Crippen molar-refractivity contribution in [3.05, 3.63) is 205 Å². The maximum atomic E-state index is 5.71. The van der Waals surface area contributed by atoms with Crippen LogP contribution in [0, 0.1) is 11.3 Å². The summed E-state index contributed by atoms with van der Waals surface area (Å²) in [5.41, 5.74) is 15.0. The molecule has 280 valence electrons. The number of rotatable bonds is 4. The van der Waals surface area contributed by atoms with E-state index >= 15 is 0 Å². The normalized spacial score (nSPS) is 18.7. The minimum absolute atomic E-state index is 0.000977. The molecule has 0 radical (unpaired) electrons. The first kappa shape index (κ1) is 34.0. The van der Waals surface area contributed by atoms with E-state index in [0.29, 0.717) is 11.9 Å². The zero-order valence-corrected chi connectivity index (χ0v) is 33.3. The van der Waals surface area contributed by atoms with Crippen molar-refractivity contribution in [2.45, 2.75) is 26.2 Å². The van der Waals surface area contributed by atoms with Crippen LogP contribution in [0.5, 0.6) is 0 Å². The number of hydrogen-bond acceptors (Lipinski definition) is 2. The van der Waals surface area contributed by atoms with Gasteiger partial charge in [-0.25, -0.2) is 9.97 Å². The number of nitrogens with zero attached hydrogens (tertiary/aromatic N) is 3. The third-order valence-electron chi connectivity index (χ3n) is 13.4. The predicted octanol–water partition coefficient (Wildman–Crippen LogP) is 14.2. The standard InChI is InChI=1S/C56H41N3/c1-55(2)47-21-10-9-19-42(47)52-43(20-13-22-48(52)55)53-46-33-38(35-14-5-4-6-15-35)23-25-49(46)57-54(58-53)59-50-26-24-39(40-27-29-56(3)28-12-11-18-41(56)30-40)32-44(50)45-31-36-16-7-8-17-37(36)34-51(45)59/h4-34,41H,1-3H3. The van der Waals surface area contributed by atoms with Crippen LogP contribution < -0.4 is 0 Å². The number of fused-ring (bicyclic) bond motifs is 9. The van der Waals surface area contributed by atoms with Gasteiger partial charge in [-0.3, -0.25) is 4.57 Å². The Morgan fingerprint density at radius 1 is 0.542 bits per heavy atom. The number of aromatic nitrogens is 3. The van der Waals surface area contributed by atoms with Gasteiger partial charge in [0.1, 0.15) is 0 Å². The fourth-order valence-corrected chi connectivity index (χ4v) is 10.2. The second-order valence-corrected chi connectivity index (χ2v) is 17.2. The van der Waals surface area contributed by atoms with Crippen LogP contribution in [-0.4, -0.2) is 14.5 Å². The van der Waals surface area contributed by atoms with Crippen molar-refractivity contribution in [1.29, 1.82) is 0 Å². The molecule has 3 aliphatic carbocycles. The van der Waals surface area contributed by atoms with Gasteiger partial charge in [0.05, 0.1) is 22.2 Å². The zero-order valence-electron chi connectivity index (χ0n) is 33.3. The van der Waals surface area contributed by atoms with Crippen molar-refractivity contribution in [3.63, 3.8) is 0 Å². The Bertz CT molecular complexity index is 3370. The number of hydrogen-bond donors (Lipinski definition) is 0. The first-order valence-electron chi connectivity index (χ1n) is 20.7. The van der Waals surface area contributed by atoms with E-state index in [1.165, 1.54) is 60.5 Å². The molecule has 12 rings (SSSR count). The summed E-state index contributed by atoms with van der Waals surface area (Å²) in [4.78, 5) is 11.2. The molecule has 9 aromatic rings. The average molecular weight is 756 g/mol. The summed E-state index contributed by atoms with van der Waals surface area (Å²) in [7, 11) is 0. The highest BCUT2D eigenvalue weighted by Gasteiger charge is 2.37. The molecule has 2 aromatic heterocycles. The monoisotopic (exact) mass is 755 g/mol. The first-order chi connectivity index (χ1) is 28.8. The molecule has 3 aliphatic rings. The van der Waals surface area contributed by atoms with Crippen LogP contribution in [0.4, 0.5) is 0 Å². The Labute approximate surface area is 344 Å². The molecule has 7 aromatic carbocycles. The molecule has 0 N–H and O–H groups in total. The topological polar surface area (TPSA) is 30.7 Å². The third-order valence-corrected chi connectivity index (χ3v) is 13.4. The van der Waals surface area contributed by atoms with E-state index < -0.39 is 0 Å². The van der Waals surface area contributed by atoms with Gasteiger partial charge in [0.2, 0.25) is 5.95 Å². The molecule has 0 saturated heterocycles. The lowest BCUT2D eigenvalue weighted by atomic mass is 9.70. The largest absolute Gasteiger partial charge is 0.278 e. The molecule has 0 fully saturated rings. The average Bonchev–Trinajstić information content (AvgIpc) is 3.72. The van der Waals surface area contributed by atoms with Crippen molar-refractivity contribution in [2.75, 3.05) is 0 Å². The molecular weight excluding hydrogens is 715 g/mol. The Kier molecular flexibility index (Phi) is 7.17. The van der Waals surface area contributed by atoms with E-state index in [2.05, 4.69) is 213 Å². The van der Waals surface area contributed by atoms with Crippen molar-refractivity contribution in [1.82, 2.24) is 14.5 Å². The number of benzene rings is 7.